The number of fused-ring (bicyclic) bond motifs is 1. The van der Waals surface area contributed by atoms with Gasteiger partial charge in [-0.2, -0.15) is 0 Å². The van der Waals surface area contributed by atoms with Crippen molar-refractivity contribution in [2.24, 2.45) is 0 Å². The third-order valence-corrected chi connectivity index (χ3v) is 5.23. The van der Waals surface area contributed by atoms with Gasteiger partial charge in [0.2, 0.25) is 11.6 Å². The monoisotopic (exact) mass is 434 g/mol. The zero-order valence-corrected chi connectivity index (χ0v) is 16.9. The maximum atomic E-state index is 13.7. The quantitative estimate of drug-likeness (QED) is 0.610. The van der Waals surface area contributed by atoms with Crippen LogP contribution in [0.25, 0.3) is 0 Å². The number of rotatable bonds is 5. The van der Waals surface area contributed by atoms with E-state index in [2.05, 4.69) is 10.6 Å². The van der Waals surface area contributed by atoms with Gasteiger partial charge in [-0.15, -0.1) is 0 Å². The van der Waals surface area contributed by atoms with Crippen LogP contribution in [0.3, 0.4) is 0 Å². The van der Waals surface area contributed by atoms with Crippen LogP contribution in [0.1, 0.15) is 36.6 Å². The summed E-state index contributed by atoms with van der Waals surface area (Å²) in [4.78, 5) is 37.4. The second-order valence-corrected chi connectivity index (χ2v) is 7.26. The number of benzene rings is 3. The molecule has 31 heavy (non-hydrogen) atoms. The molecule has 0 bridgehead atoms. The molecule has 3 aromatic carbocycles. The molecule has 0 radical (unpaired) electrons. The van der Waals surface area contributed by atoms with Gasteiger partial charge in [0.25, 0.3) is 5.91 Å². The first kappa shape index (κ1) is 20.5. The highest BCUT2D eigenvalue weighted by atomic mass is 35.5. The summed E-state index contributed by atoms with van der Waals surface area (Å²) in [6.07, 6.45) is 0. The summed E-state index contributed by atoms with van der Waals surface area (Å²) in [5.41, 5.74) is 1.85. The SMILES string of the molecule is O=C(Nc1ccccc1F)c1ccc(CNC2=C(Cl)C(=O)c3ccccc3C2=O)cc1. The van der Waals surface area contributed by atoms with Crippen molar-refractivity contribution in [3.05, 3.63) is 112 Å². The van der Waals surface area contributed by atoms with Gasteiger partial charge in [0.05, 0.1) is 5.69 Å². The van der Waals surface area contributed by atoms with E-state index in [1.54, 1.807) is 54.6 Å². The van der Waals surface area contributed by atoms with Gasteiger partial charge in [0.15, 0.2) is 0 Å². The topological polar surface area (TPSA) is 75.3 Å². The number of ketones is 2. The van der Waals surface area contributed by atoms with Gasteiger partial charge >= 0.3 is 0 Å². The maximum absolute atomic E-state index is 13.7. The number of hydrogen-bond donors (Lipinski definition) is 2. The summed E-state index contributed by atoms with van der Waals surface area (Å²) in [5, 5.41) is 5.30. The molecule has 0 unspecified atom stereocenters. The fourth-order valence-electron chi connectivity index (χ4n) is 3.22. The molecule has 0 aromatic heterocycles. The molecule has 154 valence electrons. The molecule has 1 aliphatic carbocycles. The van der Waals surface area contributed by atoms with E-state index >= 15 is 0 Å². The molecule has 0 atom stereocenters. The minimum absolute atomic E-state index is 0.0479. The standard InChI is InChI=1S/C24H16ClFN2O3/c25-20-21(23(30)17-6-2-1-5-16(17)22(20)29)27-13-14-9-11-15(12-10-14)24(31)28-19-8-4-3-7-18(19)26/h1-12,27H,13H2,(H,28,31). The number of Topliss-reactive ketones (excluding diaryl/α,β-unsaturated/α-hetero) is 2. The molecule has 1 amide bonds. The number of allylic oxidation sites excluding steroid dienone is 2. The van der Waals surface area contributed by atoms with Crippen molar-refractivity contribution in [3.63, 3.8) is 0 Å². The smallest absolute Gasteiger partial charge is 0.255 e. The molecule has 0 fully saturated rings. The van der Waals surface area contributed by atoms with Crippen molar-refractivity contribution in [2.75, 3.05) is 5.32 Å². The van der Waals surface area contributed by atoms with E-state index in [0.29, 0.717) is 11.1 Å². The van der Waals surface area contributed by atoms with Crippen LogP contribution in [0.2, 0.25) is 0 Å². The molecule has 7 heteroatoms. The van der Waals surface area contributed by atoms with Gasteiger partial charge in [0.1, 0.15) is 16.5 Å². The lowest BCUT2D eigenvalue weighted by molar-refractivity contribution is 0.0974. The Balaban J connectivity index is 1.45. The van der Waals surface area contributed by atoms with Gasteiger partial charge in [-0.3, -0.25) is 14.4 Å². The molecule has 0 aliphatic heterocycles. The largest absolute Gasteiger partial charge is 0.376 e. The number of carbonyl (C=O) groups is 3. The molecule has 3 aromatic rings. The summed E-state index contributed by atoms with van der Waals surface area (Å²) in [6, 6.07) is 19.0. The Morgan fingerprint density at radius 2 is 1.45 bits per heavy atom. The second kappa shape index (κ2) is 8.53. The van der Waals surface area contributed by atoms with Crippen LogP contribution in [-0.2, 0) is 6.54 Å². The van der Waals surface area contributed by atoms with E-state index < -0.39 is 17.5 Å². The number of anilines is 1. The van der Waals surface area contributed by atoms with Crippen molar-refractivity contribution < 1.29 is 18.8 Å². The number of nitrogens with one attached hydrogen (secondary N) is 2. The summed E-state index contributed by atoms with van der Waals surface area (Å²) in [6.45, 7) is 0.224. The minimum atomic E-state index is -0.518. The van der Waals surface area contributed by atoms with Crippen LogP contribution in [-0.4, -0.2) is 17.5 Å². The van der Waals surface area contributed by atoms with Gasteiger partial charge < -0.3 is 10.6 Å². The molecular weight excluding hydrogens is 419 g/mol. The van der Waals surface area contributed by atoms with Crippen molar-refractivity contribution in [2.45, 2.75) is 6.54 Å². The van der Waals surface area contributed by atoms with Crippen LogP contribution in [0.4, 0.5) is 10.1 Å². The fourth-order valence-corrected chi connectivity index (χ4v) is 3.48. The molecular formula is C24H16ClFN2O3. The molecule has 0 spiro atoms. The van der Waals surface area contributed by atoms with Crippen LogP contribution in [0.15, 0.2) is 83.5 Å². The molecule has 5 nitrogen and oxygen atoms in total. The average Bonchev–Trinajstić information content (AvgIpc) is 2.79. The highest BCUT2D eigenvalue weighted by Crippen LogP contribution is 2.27. The van der Waals surface area contributed by atoms with Crippen LogP contribution in [0, 0.1) is 5.82 Å². The Labute approximate surface area is 182 Å². The number of para-hydroxylation sites is 1. The van der Waals surface area contributed by atoms with Crippen LogP contribution >= 0.6 is 11.6 Å². The minimum Gasteiger partial charge on any atom is -0.376 e. The van der Waals surface area contributed by atoms with Gasteiger partial charge in [-0.25, -0.2) is 4.39 Å². The van der Waals surface area contributed by atoms with E-state index in [9.17, 15) is 18.8 Å². The Morgan fingerprint density at radius 1 is 0.839 bits per heavy atom. The number of amides is 1. The number of hydrogen-bond acceptors (Lipinski definition) is 4. The van der Waals surface area contributed by atoms with Gasteiger partial charge in [-0.1, -0.05) is 60.1 Å². The zero-order chi connectivity index (χ0) is 22.0. The van der Waals surface area contributed by atoms with Crippen molar-refractivity contribution in [1.29, 1.82) is 0 Å². The average molecular weight is 435 g/mol. The van der Waals surface area contributed by atoms with E-state index in [4.69, 9.17) is 11.6 Å². The molecule has 1 aliphatic rings. The predicted molar refractivity (Wildman–Crippen MR) is 116 cm³/mol. The zero-order valence-electron chi connectivity index (χ0n) is 16.1. The van der Waals surface area contributed by atoms with Gasteiger partial charge in [0, 0.05) is 23.2 Å². The third kappa shape index (κ3) is 4.11. The van der Waals surface area contributed by atoms with Crippen LogP contribution < -0.4 is 10.6 Å². The predicted octanol–water partition coefficient (Wildman–Crippen LogP) is 4.70. The van der Waals surface area contributed by atoms with E-state index in [-0.39, 0.29) is 34.3 Å². The second-order valence-electron chi connectivity index (χ2n) is 6.88. The van der Waals surface area contributed by atoms with Crippen LogP contribution in [0.5, 0.6) is 0 Å². The van der Waals surface area contributed by atoms with E-state index in [0.717, 1.165) is 5.56 Å². The third-order valence-electron chi connectivity index (χ3n) is 4.87. The summed E-state index contributed by atoms with van der Waals surface area (Å²) < 4.78 is 13.7. The van der Waals surface area contributed by atoms with Crippen molar-refractivity contribution in [1.82, 2.24) is 5.32 Å². The van der Waals surface area contributed by atoms with Crippen molar-refractivity contribution >= 4 is 34.8 Å². The highest BCUT2D eigenvalue weighted by Gasteiger charge is 2.30. The molecule has 2 N–H and O–H groups in total. The Hall–Kier alpha value is -3.77. The summed E-state index contributed by atoms with van der Waals surface area (Å²) in [7, 11) is 0. The lowest BCUT2D eigenvalue weighted by Gasteiger charge is -2.19. The summed E-state index contributed by atoms with van der Waals surface area (Å²) in [5.74, 6) is -1.71. The Kier molecular flexibility index (Phi) is 5.64. The molecule has 0 heterocycles. The molecule has 4 rings (SSSR count). The first-order valence-corrected chi connectivity index (χ1v) is 9.80. The normalized spacial score (nSPS) is 13.1. The van der Waals surface area contributed by atoms with E-state index in [1.807, 2.05) is 0 Å². The summed E-state index contributed by atoms with van der Waals surface area (Å²) >= 11 is 6.14. The lowest BCUT2D eigenvalue weighted by atomic mass is 9.92. The van der Waals surface area contributed by atoms with Gasteiger partial charge in [-0.05, 0) is 29.8 Å². The van der Waals surface area contributed by atoms with Crippen molar-refractivity contribution in [3.8, 4) is 0 Å². The first-order valence-electron chi connectivity index (χ1n) is 9.42. The Morgan fingerprint density at radius 3 is 2.13 bits per heavy atom. The maximum Gasteiger partial charge on any atom is 0.255 e. The first-order chi connectivity index (χ1) is 15.0. The number of halogens is 2. The number of carbonyl (C=O) groups excluding carboxylic acids is 3. The van der Waals surface area contributed by atoms with E-state index in [1.165, 1.54) is 18.2 Å². The molecule has 0 saturated heterocycles. The fraction of sp³-hybridized carbons (Fsp3) is 0.0417. The lowest BCUT2D eigenvalue weighted by Crippen LogP contribution is -2.28. The highest BCUT2D eigenvalue weighted by molar-refractivity contribution is 6.49. The molecule has 0 saturated carbocycles. The Bertz CT molecular complexity index is 1240.